The van der Waals surface area contributed by atoms with Crippen LogP contribution in [-0.2, 0) is 9.53 Å². The van der Waals surface area contributed by atoms with E-state index in [1.54, 1.807) is 0 Å². The number of benzene rings is 1. The molecule has 2 rings (SSSR count). The first-order valence-electron chi connectivity index (χ1n) is 6.13. The molecule has 1 heterocycles. The quantitative estimate of drug-likeness (QED) is 0.383. The molecule has 0 unspecified atom stereocenters. The molecule has 0 saturated heterocycles. The molecule has 0 aromatic heterocycles. The highest BCUT2D eigenvalue weighted by molar-refractivity contribution is 8.24. The van der Waals surface area contributed by atoms with Crippen LogP contribution < -0.4 is 0 Å². The van der Waals surface area contributed by atoms with Gasteiger partial charge in [-0.3, -0.25) is 4.79 Å². The Morgan fingerprint density at radius 3 is 2.24 bits per heavy atom. The van der Waals surface area contributed by atoms with Gasteiger partial charge >= 0.3 is 5.97 Å². The van der Waals surface area contributed by atoms with Crippen molar-refractivity contribution in [3.05, 3.63) is 33.5 Å². The van der Waals surface area contributed by atoms with Crippen molar-refractivity contribution in [2.45, 2.75) is 23.6 Å². The minimum absolute atomic E-state index is 0.00942. The molecule has 21 heavy (non-hydrogen) atoms. The molecule has 0 spiro atoms. The number of carbonyl (C=O) groups is 1. The van der Waals surface area contributed by atoms with Crippen LogP contribution in [-0.4, -0.2) is 22.8 Å². The van der Waals surface area contributed by atoms with Gasteiger partial charge in [-0.15, -0.1) is 0 Å². The third kappa shape index (κ3) is 3.28. The van der Waals surface area contributed by atoms with Crippen LogP contribution in [0.15, 0.2) is 31.9 Å². The molecule has 1 aliphatic heterocycles. The maximum Gasteiger partial charge on any atom is 0.338 e. The number of esters is 1. The Bertz CT molecular complexity index is 629. The molecule has 0 aliphatic carbocycles. The second-order valence-electron chi connectivity index (χ2n) is 4.71. The molecule has 0 saturated carbocycles. The molecule has 0 fully saturated rings. The van der Waals surface area contributed by atoms with Gasteiger partial charge in [-0.25, -0.2) is 4.85 Å². The summed E-state index contributed by atoms with van der Waals surface area (Å²) in [6.45, 7) is 11.2. The number of ether oxygens (including phenoxy) is 1. The monoisotopic (exact) mass is 323 g/mol. The predicted molar refractivity (Wildman–Crippen MR) is 80.9 cm³/mol. The SMILES string of the molecule is [C-]#[N+]C(C(=O)OCC(C)C)=C1Sc2c(O)ccc(O)c2S1. The summed E-state index contributed by atoms with van der Waals surface area (Å²) in [5.74, 6) is -0.481. The van der Waals surface area contributed by atoms with Crippen LogP contribution >= 0.6 is 23.5 Å². The molecule has 0 amide bonds. The Balaban J connectivity index is 2.29. The standard InChI is InChI=1S/C14H13NO4S2/c1-7(2)6-19-13(18)10(15-3)14-20-11-8(16)4-5-9(17)12(11)21-14/h4-5,7,16-17H,6H2,1-2H3. The molecule has 1 aromatic rings. The highest BCUT2D eigenvalue weighted by Gasteiger charge is 2.30. The average Bonchev–Trinajstić information content (AvgIpc) is 2.87. The fraction of sp³-hybridized carbons (Fsp3) is 0.286. The van der Waals surface area contributed by atoms with Crippen LogP contribution in [0.3, 0.4) is 0 Å². The maximum atomic E-state index is 11.9. The molecule has 0 atom stereocenters. The Morgan fingerprint density at radius 2 is 1.81 bits per heavy atom. The third-order valence-electron chi connectivity index (χ3n) is 2.51. The van der Waals surface area contributed by atoms with Gasteiger partial charge in [-0.2, -0.15) is 0 Å². The lowest BCUT2D eigenvalue weighted by atomic mass is 10.2. The number of phenols is 2. The van der Waals surface area contributed by atoms with Gasteiger partial charge in [-0.1, -0.05) is 37.4 Å². The van der Waals surface area contributed by atoms with E-state index < -0.39 is 5.97 Å². The van der Waals surface area contributed by atoms with Gasteiger partial charge in [0.2, 0.25) is 0 Å². The Kier molecular flexibility index (Phi) is 4.70. The molecular formula is C14H13NO4S2. The second kappa shape index (κ2) is 6.33. The van der Waals surface area contributed by atoms with Crippen LogP contribution in [0.5, 0.6) is 11.5 Å². The second-order valence-corrected chi connectivity index (χ2v) is 7.01. The van der Waals surface area contributed by atoms with E-state index in [0.717, 1.165) is 23.5 Å². The number of aromatic hydroxyl groups is 2. The molecule has 2 N–H and O–H groups in total. The van der Waals surface area contributed by atoms with E-state index >= 15 is 0 Å². The van der Waals surface area contributed by atoms with E-state index in [0.29, 0.717) is 14.0 Å². The summed E-state index contributed by atoms with van der Waals surface area (Å²) >= 11 is 2.18. The zero-order chi connectivity index (χ0) is 15.6. The summed E-state index contributed by atoms with van der Waals surface area (Å²) in [4.78, 5) is 16.1. The van der Waals surface area contributed by atoms with E-state index in [-0.39, 0.29) is 29.7 Å². The lowest BCUT2D eigenvalue weighted by Crippen LogP contribution is -2.11. The van der Waals surface area contributed by atoms with E-state index in [1.807, 2.05) is 13.8 Å². The van der Waals surface area contributed by atoms with Crippen molar-refractivity contribution in [1.82, 2.24) is 0 Å². The third-order valence-corrected chi connectivity index (χ3v) is 5.13. The molecule has 7 heteroatoms. The molecule has 5 nitrogen and oxygen atoms in total. The molecule has 110 valence electrons. The van der Waals surface area contributed by atoms with Gasteiger partial charge in [0.15, 0.2) is 0 Å². The Morgan fingerprint density at radius 1 is 1.29 bits per heavy atom. The topological polar surface area (TPSA) is 71.1 Å². The van der Waals surface area contributed by atoms with Crippen molar-refractivity contribution in [3.8, 4) is 11.5 Å². The van der Waals surface area contributed by atoms with Gasteiger partial charge in [0.1, 0.15) is 11.5 Å². The highest BCUT2D eigenvalue weighted by atomic mass is 32.2. The van der Waals surface area contributed by atoms with E-state index in [4.69, 9.17) is 11.3 Å². The Hall–Kier alpha value is -1.78. The lowest BCUT2D eigenvalue weighted by Gasteiger charge is -2.07. The maximum absolute atomic E-state index is 11.9. The van der Waals surface area contributed by atoms with Gasteiger partial charge < -0.3 is 14.9 Å². The van der Waals surface area contributed by atoms with Gasteiger partial charge in [0.25, 0.3) is 5.70 Å². The first-order valence-corrected chi connectivity index (χ1v) is 7.76. The van der Waals surface area contributed by atoms with Crippen molar-refractivity contribution in [2.75, 3.05) is 6.61 Å². The first-order chi connectivity index (χ1) is 9.93. The van der Waals surface area contributed by atoms with Crippen LogP contribution in [0.2, 0.25) is 0 Å². The normalized spacial score (nSPS) is 13.0. The first kappa shape index (κ1) is 15.6. The minimum atomic E-state index is -0.680. The van der Waals surface area contributed by atoms with Crippen molar-refractivity contribution in [2.24, 2.45) is 5.92 Å². The van der Waals surface area contributed by atoms with Crippen molar-refractivity contribution in [3.63, 3.8) is 0 Å². The predicted octanol–water partition coefficient (Wildman–Crippen LogP) is 3.58. The van der Waals surface area contributed by atoms with Gasteiger partial charge in [0.05, 0.1) is 27.2 Å². The van der Waals surface area contributed by atoms with Crippen LogP contribution in [0.4, 0.5) is 0 Å². The number of hydrogen-bond donors (Lipinski definition) is 2. The number of nitrogens with zero attached hydrogens (tertiary/aromatic N) is 1. The average molecular weight is 323 g/mol. The fourth-order valence-electron chi connectivity index (χ4n) is 1.53. The zero-order valence-corrected chi connectivity index (χ0v) is 13.0. The summed E-state index contributed by atoms with van der Waals surface area (Å²) in [5.41, 5.74) is -0.124. The number of hydrogen-bond acceptors (Lipinski definition) is 6. The number of phenolic OH excluding ortho intramolecular Hbond substituents is 2. The van der Waals surface area contributed by atoms with Crippen LogP contribution in [0.25, 0.3) is 4.85 Å². The van der Waals surface area contributed by atoms with Crippen LogP contribution in [0, 0.1) is 12.5 Å². The molecule has 1 aromatic carbocycles. The fourth-order valence-corrected chi connectivity index (χ4v) is 4.01. The summed E-state index contributed by atoms with van der Waals surface area (Å²) in [7, 11) is 0. The molecular weight excluding hydrogens is 310 g/mol. The lowest BCUT2D eigenvalue weighted by molar-refractivity contribution is -0.139. The van der Waals surface area contributed by atoms with Crippen LogP contribution in [0.1, 0.15) is 13.8 Å². The summed E-state index contributed by atoms with van der Waals surface area (Å²) in [5, 5.41) is 19.6. The number of carbonyl (C=O) groups excluding carboxylic acids is 1. The molecule has 0 bridgehead atoms. The van der Waals surface area contributed by atoms with Crippen molar-refractivity contribution >= 4 is 29.5 Å². The smallest absolute Gasteiger partial charge is 0.338 e. The van der Waals surface area contributed by atoms with Crippen molar-refractivity contribution < 1.29 is 19.7 Å². The van der Waals surface area contributed by atoms with Crippen molar-refractivity contribution in [1.29, 1.82) is 0 Å². The summed E-state index contributed by atoms with van der Waals surface area (Å²) in [6, 6.07) is 2.75. The van der Waals surface area contributed by atoms with E-state index in [9.17, 15) is 15.0 Å². The molecule has 0 radical (unpaired) electrons. The van der Waals surface area contributed by atoms with Gasteiger partial charge in [-0.05, 0) is 18.1 Å². The summed E-state index contributed by atoms with van der Waals surface area (Å²) < 4.78 is 5.47. The minimum Gasteiger partial charge on any atom is -0.507 e. The molecule has 1 aliphatic rings. The van der Waals surface area contributed by atoms with E-state index in [1.165, 1.54) is 12.1 Å². The summed E-state index contributed by atoms with van der Waals surface area (Å²) in [6.07, 6.45) is 0. The van der Waals surface area contributed by atoms with Gasteiger partial charge in [0, 0.05) is 0 Å². The highest BCUT2D eigenvalue weighted by Crippen LogP contribution is 2.58. The van der Waals surface area contributed by atoms with E-state index in [2.05, 4.69) is 4.85 Å². The largest absolute Gasteiger partial charge is 0.507 e. The number of thioether (sulfide) groups is 2. The number of rotatable bonds is 3. The Labute approximate surface area is 130 Å². The number of fused-ring (bicyclic) bond motifs is 1. The zero-order valence-electron chi connectivity index (χ0n) is 11.4.